The quantitative estimate of drug-likeness (QED) is 0.571. The van der Waals surface area contributed by atoms with Crippen molar-refractivity contribution in [3.8, 4) is 11.4 Å². The van der Waals surface area contributed by atoms with Crippen molar-refractivity contribution in [2.45, 2.75) is 17.7 Å². The number of nitrogens with zero attached hydrogens (tertiary/aromatic N) is 2. The molecule has 0 saturated heterocycles. The average Bonchev–Trinajstić information content (AvgIpc) is 2.64. The lowest BCUT2D eigenvalue weighted by Gasteiger charge is -2.09. The van der Waals surface area contributed by atoms with E-state index >= 15 is 0 Å². The Morgan fingerprint density at radius 1 is 1.23 bits per heavy atom. The van der Waals surface area contributed by atoms with Gasteiger partial charge in [0.2, 0.25) is 0 Å². The number of ether oxygens (including phenoxy) is 1. The Kier molecular flexibility index (Phi) is 5.96. The molecule has 7 heteroatoms. The van der Waals surface area contributed by atoms with Crippen molar-refractivity contribution in [1.82, 2.24) is 9.55 Å². The van der Waals surface area contributed by atoms with E-state index in [9.17, 15) is 9.18 Å². The maximum absolute atomic E-state index is 13.9. The number of hydrogen-bond donors (Lipinski definition) is 0. The lowest BCUT2D eigenvalue weighted by atomic mass is 10.2. The third kappa shape index (κ3) is 4.08. The molecule has 1 aromatic heterocycles. The Labute approximate surface area is 159 Å². The molecule has 1 heterocycles. The third-order valence-electron chi connectivity index (χ3n) is 3.65. The van der Waals surface area contributed by atoms with E-state index in [1.165, 1.54) is 10.6 Å². The van der Waals surface area contributed by atoms with Crippen LogP contribution in [0.15, 0.2) is 64.7 Å². The number of hydrogen-bond acceptors (Lipinski definition) is 4. The van der Waals surface area contributed by atoms with Crippen LogP contribution >= 0.6 is 23.4 Å². The van der Waals surface area contributed by atoms with E-state index in [0.29, 0.717) is 22.9 Å². The summed E-state index contributed by atoms with van der Waals surface area (Å²) in [6.07, 6.45) is 3.14. The molecule has 0 spiro atoms. The van der Waals surface area contributed by atoms with Crippen LogP contribution in [0.1, 0.15) is 12.5 Å². The minimum Gasteiger partial charge on any atom is -0.494 e. The summed E-state index contributed by atoms with van der Waals surface area (Å²) in [6, 6.07) is 11.7. The van der Waals surface area contributed by atoms with Gasteiger partial charge < -0.3 is 4.74 Å². The molecule has 134 valence electrons. The monoisotopic (exact) mass is 390 g/mol. The van der Waals surface area contributed by atoms with Crippen molar-refractivity contribution in [1.29, 1.82) is 0 Å². The van der Waals surface area contributed by atoms with Crippen LogP contribution in [0.5, 0.6) is 5.75 Å². The predicted molar refractivity (Wildman–Crippen MR) is 102 cm³/mol. The molecule has 0 aliphatic carbocycles. The van der Waals surface area contributed by atoms with Gasteiger partial charge in [-0.05, 0) is 43.3 Å². The van der Waals surface area contributed by atoms with E-state index in [1.54, 1.807) is 48.8 Å². The summed E-state index contributed by atoms with van der Waals surface area (Å²) in [6.45, 7) is 2.49. The fraction of sp³-hybridized carbons (Fsp3) is 0.158. The molecule has 2 aromatic carbocycles. The standard InChI is InChI=1S/C19H16ClFN2O2S/c1-2-25-14-8-6-13(7-9-14)23-11-10-22-18(19(23)24)26-12-15-16(20)4-3-5-17(15)21/h3-11H,2,12H2,1H3. The van der Waals surface area contributed by atoms with Crippen molar-refractivity contribution in [3.63, 3.8) is 0 Å². The lowest BCUT2D eigenvalue weighted by Crippen LogP contribution is -2.20. The number of thioether (sulfide) groups is 1. The second-order valence-corrected chi connectivity index (χ2v) is 6.69. The molecule has 0 atom stereocenters. The Morgan fingerprint density at radius 3 is 2.69 bits per heavy atom. The van der Waals surface area contributed by atoms with Crippen LogP contribution in [0.2, 0.25) is 5.02 Å². The van der Waals surface area contributed by atoms with E-state index in [2.05, 4.69) is 4.98 Å². The fourth-order valence-electron chi connectivity index (χ4n) is 2.38. The number of rotatable bonds is 6. The zero-order valence-electron chi connectivity index (χ0n) is 14.0. The highest BCUT2D eigenvalue weighted by atomic mass is 35.5. The first-order valence-corrected chi connectivity index (χ1v) is 9.33. The molecule has 0 aliphatic rings. The summed E-state index contributed by atoms with van der Waals surface area (Å²) < 4.78 is 20.8. The van der Waals surface area contributed by atoms with Gasteiger partial charge in [0.05, 0.1) is 6.61 Å². The second-order valence-electron chi connectivity index (χ2n) is 5.32. The van der Waals surface area contributed by atoms with Crippen LogP contribution < -0.4 is 10.3 Å². The van der Waals surface area contributed by atoms with Crippen LogP contribution in [0.3, 0.4) is 0 Å². The van der Waals surface area contributed by atoms with Gasteiger partial charge >= 0.3 is 0 Å². The third-order valence-corrected chi connectivity index (χ3v) is 4.99. The summed E-state index contributed by atoms with van der Waals surface area (Å²) in [5.74, 6) is 0.566. The number of halogens is 2. The van der Waals surface area contributed by atoms with Crippen LogP contribution in [0, 0.1) is 5.82 Å². The lowest BCUT2D eigenvalue weighted by molar-refractivity contribution is 0.340. The van der Waals surface area contributed by atoms with Gasteiger partial charge in [-0.25, -0.2) is 9.37 Å². The topological polar surface area (TPSA) is 44.1 Å². The molecule has 0 aliphatic heterocycles. The van der Waals surface area contributed by atoms with Crippen LogP contribution in [-0.2, 0) is 5.75 Å². The Morgan fingerprint density at radius 2 is 2.00 bits per heavy atom. The van der Waals surface area contributed by atoms with Gasteiger partial charge in [-0.3, -0.25) is 9.36 Å². The molecular weight excluding hydrogens is 375 g/mol. The summed E-state index contributed by atoms with van der Waals surface area (Å²) >= 11 is 7.19. The maximum Gasteiger partial charge on any atom is 0.287 e. The maximum atomic E-state index is 13.9. The predicted octanol–water partition coefficient (Wildman–Crippen LogP) is 4.72. The van der Waals surface area contributed by atoms with Crippen LogP contribution in [-0.4, -0.2) is 16.2 Å². The van der Waals surface area contributed by atoms with Gasteiger partial charge in [-0.2, -0.15) is 0 Å². The first kappa shape index (κ1) is 18.5. The largest absolute Gasteiger partial charge is 0.494 e. The first-order chi connectivity index (χ1) is 12.6. The van der Waals surface area contributed by atoms with Gasteiger partial charge in [-0.15, -0.1) is 0 Å². The van der Waals surface area contributed by atoms with E-state index in [4.69, 9.17) is 16.3 Å². The molecular formula is C19H16ClFN2O2S. The molecule has 0 N–H and O–H groups in total. The zero-order valence-corrected chi connectivity index (χ0v) is 15.6. The van der Waals surface area contributed by atoms with E-state index in [0.717, 1.165) is 17.5 Å². The summed E-state index contributed by atoms with van der Waals surface area (Å²) in [5.41, 5.74) is 0.789. The highest BCUT2D eigenvalue weighted by Crippen LogP contribution is 2.26. The molecule has 3 aromatic rings. The van der Waals surface area contributed by atoms with Gasteiger partial charge in [-0.1, -0.05) is 29.4 Å². The molecule has 0 bridgehead atoms. The fourth-order valence-corrected chi connectivity index (χ4v) is 3.62. The summed E-state index contributed by atoms with van der Waals surface area (Å²) in [4.78, 5) is 16.8. The van der Waals surface area contributed by atoms with E-state index in [-0.39, 0.29) is 16.3 Å². The average molecular weight is 391 g/mol. The SMILES string of the molecule is CCOc1ccc(-n2ccnc(SCc3c(F)cccc3Cl)c2=O)cc1. The smallest absolute Gasteiger partial charge is 0.287 e. The van der Waals surface area contributed by atoms with Gasteiger partial charge in [0.1, 0.15) is 11.6 Å². The van der Waals surface area contributed by atoms with Crippen LogP contribution in [0.25, 0.3) is 5.69 Å². The molecule has 26 heavy (non-hydrogen) atoms. The summed E-state index contributed by atoms with van der Waals surface area (Å²) in [7, 11) is 0. The van der Waals surface area contributed by atoms with E-state index in [1.807, 2.05) is 6.92 Å². The normalized spacial score (nSPS) is 10.7. The van der Waals surface area contributed by atoms with Crippen LogP contribution in [0.4, 0.5) is 4.39 Å². The highest BCUT2D eigenvalue weighted by molar-refractivity contribution is 7.98. The van der Waals surface area contributed by atoms with Crippen molar-refractivity contribution >= 4 is 23.4 Å². The van der Waals surface area contributed by atoms with Crippen molar-refractivity contribution in [2.24, 2.45) is 0 Å². The van der Waals surface area contributed by atoms with Gasteiger partial charge in [0.25, 0.3) is 5.56 Å². The molecule has 0 amide bonds. The minimum absolute atomic E-state index is 0.223. The van der Waals surface area contributed by atoms with E-state index < -0.39 is 5.82 Å². The molecule has 0 saturated carbocycles. The van der Waals surface area contributed by atoms with Gasteiger partial charge in [0, 0.05) is 34.4 Å². The molecule has 3 rings (SSSR count). The molecule has 0 radical (unpaired) electrons. The van der Waals surface area contributed by atoms with Crippen molar-refractivity contribution < 1.29 is 9.13 Å². The highest BCUT2D eigenvalue weighted by Gasteiger charge is 2.12. The number of aromatic nitrogens is 2. The zero-order chi connectivity index (χ0) is 18.5. The van der Waals surface area contributed by atoms with Crippen molar-refractivity contribution in [2.75, 3.05) is 6.61 Å². The molecule has 4 nitrogen and oxygen atoms in total. The summed E-state index contributed by atoms with van der Waals surface area (Å²) in [5, 5.41) is 0.612. The Balaban J connectivity index is 1.84. The Bertz CT molecular complexity index is 940. The minimum atomic E-state index is -0.396. The molecule has 0 fully saturated rings. The van der Waals surface area contributed by atoms with Crippen molar-refractivity contribution in [3.05, 3.63) is 81.6 Å². The molecule has 0 unspecified atom stereocenters. The second kappa shape index (κ2) is 8.38. The Hall–Kier alpha value is -2.31. The first-order valence-electron chi connectivity index (χ1n) is 7.96. The number of benzene rings is 2. The van der Waals surface area contributed by atoms with Gasteiger partial charge in [0.15, 0.2) is 5.03 Å².